The van der Waals surface area contributed by atoms with Gasteiger partial charge in [-0.15, -0.1) is 0 Å². The van der Waals surface area contributed by atoms with Crippen LogP contribution in [0.2, 0.25) is 0 Å². The van der Waals surface area contributed by atoms with Crippen LogP contribution in [-0.2, 0) is 20.6 Å². The first-order valence-electron chi connectivity index (χ1n) is 6.06. The molecule has 0 aliphatic rings. The lowest BCUT2D eigenvalue weighted by Crippen LogP contribution is -2.19. The maximum Gasteiger partial charge on any atom is 0.550 e. The summed E-state index contributed by atoms with van der Waals surface area (Å²) in [5.41, 5.74) is 6.73. The summed E-state index contributed by atoms with van der Waals surface area (Å²) in [5, 5.41) is 8.66. The number of nitrogens with zero attached hydrogens (tertiary/aromatic N) is 4. The van der Waals surface area contributed by atoms with Crippen molar-refractivity contribution in [2.24, 2.45) is 0 Å². The smallest absolute Gasteiger partial charge is 0.476 e. The summed E-state index contributed by atoms with van der Waals surface area (Å²) in [6.07, 6.45) is 6.09. The number of carboxylic acids is 1. The van der Waals surface area contributed by atoms with Crippen LogP contribution in [-0.4, -0.2) is 47.9 Å². The molecule has 0 aliphatic heterocycles. The third kappa shape index (κ3) is 3.61. The molecule has 0 aliphatic carbocycles. The average molecular weight is 326 g/mol. The van der Waals surface area contributed by atoms with Crippen molar-refractivity contribution in [1.82, 2.24) is 19.5 Å². The molecule has 2 aromatic rings. The quantitative estimate of drug-likeness (QED) is 0.475. The standard InChI is InChI=1S/C11H12N5O5P/c12-8-7-9(14-5-13-8)16(6-15-7)3-1-2-4-21-11(10(17)18)22(19)20/h1-2,5-6,11H,3-4H2,(H3-,12,13,14,17,18,19,20)/p+1. The number of hydrogen-bond acceptors (Lipinski definition) is 7. The maximum atomic E-state index is 10.7. The molecule has 0 amide bonds. The predicted molar refractivity (Wildman–Crippen MR) is 76.1 cm³/mol. The molecule has 0 bridgehead atoms. The second-order valence-corrected chi connectivity index (χ2v) is 5.20. The number of carbonyl (C=O) groups is 1. The molecule has 0 saturated carbocycles. The van der Waals surface area contributed by atoms with Gasteiger partial charge in [0.1, 0.15) is 11.8 Å². The van der Waals surface area contributed by atoms with Crippen molar-refractivity contribution < 1.29 is 24.1 Å². The molecule has 4 N–H and O–H groups in total. The van der Waals surface area contributed by atoms with Crippen molar-refractivity contribution in [1.29, 1.82) is 0 Å². The predicted octanol–water partition coefficient (Wildman–Crippen LogP) is 0.127. The first-order chi connectivity index (χ1) is 10.5. The number of nitrogens with two attached hydrogens (primary N) is 1. The van der Waals surface area contributed by atoms with Crippen molar-refractivity contribution >= 4 is 31.0 Å². The molecule has 22 heavy (non-hydrogen) atoms. The third-order valence-corrected chi connectivity index (χ3v) is 3.43. The number of imidazole rings is 1. The van der Waals surface area contributed by atoms with E-state index in [1.165, 1.54) is 12.4 Å². The topological polar surface area (TPSA) is 153 Å². The number of nitrogen functional groups attached to an aromatic ring is 1. The van der Waals surface area contributed by atoms with Crippen LogP contribution in [0.25, 0.3) is 11.2 Å². The summed E-state index contributed by atoms with van der Waals surface area (Å²) in [6, 6.07) is 0. The molecular formula is C11H13N5O5P+. The van der Waals surface area contributed by atoms with Gasteiger partial charge in [0, 0.05) is 6.54 Å². The van der Waals surface area contributed by atoms with E-state index in [9.17, 15) is 9.36 Å². The molecule has 0 saturated heterocycles. The zero-order valence-corrected chi connectivity index (χ0v) is 12.1. The SMILES string of the molecule is Nc1ncnc2c1ncn2CC=CCOC(C(=O)O)[P+](=O)O. The first kappa shape index (κ1) is 16.0. The molecular weight excluding hydrogens is 313 g/mol. The molecule has 2 heterocycles. The van der Waals surface area contributed by atoms with Gasteiger partial charge in [-0.3, -0.25) is 0 Å². The molecule has 10 nitrogen and oxygen atoms in total. The van der Waals surface area contributed by atoms with Crippen LogP contribution in [0.3, 0.4) is 0 Å². The van der Waals surface area contributed by atoms with Gasteiger partial charge in [-0.1, -0.05) is 12.2 Å². The van der Waals surface area contributed by atoms with Gasteiger partial charge in [-0.05, 0) is 4.57 Å². The monoisotopic (exact) mass is 326 g/mol. The fraction of sp³-hybridized carbons (Fsp3) is 0.273. The van der Waals surface area contributed by atoms with Gasteiger partial charge in [0.05, 0.1) is 12.9 Å². The molecule has 2 atom stereocenters. The average Bonchev–Trinajstić information content (AvgIpc) is 2.86. The lowest BCUT2D eigenvalue weighted by atomic mass is 10.4. The lowest BCUT2D eigenvalue weighted by molar-refractivity contribution is -0.144. The zero-order valence-electron chi connectivity index (χ0n) is 11.2. The highest BCUT2D eigenvalue weighted by Crippen LogP contribution is 2.23. The third-order valence-electron chi connectivity index (χ3n) is 2.66. The Balaban J connectivity index is 1.93. The Morgan fingerprint density at radius 3 is 2.91 bits per heavy atom. The highest BCUT2D eigenvalue weighted by atomic mass is 31.1. The van der Waals surface area contributed by atoms with Crippen molar-refractivity contribution in [2.45, 2.75) is 12.4 Å². The van der Waals surface area contributed by atoms with Crippen LogP contribution in [0.4, 0.5) is 5.82 Å². The van der Waals surface area contributed by atoms with E-state index in [1.54, 1.807) is 17.0 Å². The number of allylic oxidation sites excluding steroid dienone is 1. The van der Waals surface area contributed by atoms with Gasteiger partial charge in [0.15, 0.2) is 11.5 Å². The fourth-order valence-electron chi connectivity index (χ4n) is 1.66. The molecule has 2 aromatic heterocycles. The molecule has 11 heteroatoms. The minimum Gasteiger partial charge on any atom is -0.476 e. The van der Waals surface area contributed by atoms with Crippen LogP contribution in [0.15, 0.2) is 24.8 Å². The van der Waals surface area contributed by atoms with Crippen molar-refractivity contribution in [3.05, 3.63) is 24.8 Å². The number of hydrogen-bond donors (Lipinski definition) is 3. The van der Waals surface area contributed by atoms with Crippen molar-refractivity contribution in [3.8, 4) is 0 Å². The second-order valence-electron chi connectivity index (χ2n) is 4.13. The number of anilines is 1. The molecule has 2 unspecified atom stereocenters. The summed E-state index contributed by atoms with van der Waals surface area (Å²) in [4.78, 5) is 31.4. The van der Waals surface area contributed by atoms with Gasteiger partial charge in [0.2, 0.25) is 0 Å². The maximum absolute atomic E-state index is 10.7. The normalized spacial score (nSPS) is 13.6. The molecule has 0 fully saturated rings. The van der Waals surface area contributed by atoms with E-state index >= 15 is 0 Å². The van der Waals surface area contributed by atoms with Gasteiger partial charge in [-0.25, -0.2) is 19.7 Å². The van der Waals surface area contributed by atoms with Crippen LogP contribution >= 0.6 is 8.03 Å². The van der Waals surface area contributed by atoms with E-state index in [2.05, 4.69) is 15.0 Å². The summed E-state index contributed by atoms with van der Waals surface area (Å²) in [6.45, 7) is 0.293. The van der Waals surface area contributed by atoms with Crippen LogP contribution in [0.5, 0.6) is 0 Å². The second kappa shape index (κ2) is 7.03. The molecule has 2 rings (SSSR count). The number of rotatable bonds is 7. The summed E-state index contributed by atoms with van der Waals surface area (Å²) in [7, 11) is -2.94. The zero-order chi connectivity index (χ0) is 16.1. The largest absolute Gasteiger partial charge is 0.550 e. The summed E-state index contributed by atoms with van der Waals surface area (Å²) < 4.78 is 17.3. The van der Waals surface area contributed by atoms with E-state index in [1.807, 2.05) is 0 Å². The summed E-state index contributed by atoms with van der Waals surface area (Å²) in [5.74, 6) is -2.93. The van der Waals surface area contributed by atoms with Crippen LogP contribution < -0.4 is 5.73 Å². The van der Waals surface area contributed by atoms with Gasteiger partial charge in [-0.2, -0.15) is 4.89 Å². The summed E-state index contributed by atoms with van der Waals surface area (Å²) >= 11 is 0. The number of carboxylic acid groups (broad SMARTS) is 1. The van der Waals surface area contributed by atoms with E-state index in [0.29, 0.717) is 17.7 Å². The Morgan fingerprint density at radius 2 is 2.23 bits per heavy atom. The van der Waals surface area contributed by atoms with Crippen LogP contribution in [0.1, 0.15) is 0 Å². The van der Waals surface area contributed by atoms with Gasteiger partial charge < -0.3 is 20.1 Å². The Hall–Kier alpha value is -2.42. The van der Waals surface area contributed by atoms with Crippen molar-refractivity contribution in [3.63, 3.8) is 0 Å². The van der Waals surface area contributed by atoms with Crippen molar-refractivity contribution in [2.75, 3.05) is 12.3 Å². The number of fused-ring (bicyclic) bond motifs is 1. The highest BCUT2D eigenvalue weighted by molar-refractivity contribution is 7.40. The van der Waals surface area contributed by atoms with E-state index < -0.39 is 19.8 Å². The molecule has 0 aromatic carbocycles. The molecule has 116 valence electrons. The Bertz CT molecular complexity index is 717. The minimum absolute atomic E-state index is 0.109. The number of aliphatic carboxylic acids is 1. The Kier molecular flexibility index (Phi) is 5.10. The molecule has 0 spiro atoms. The number of aromatic nitrogens is 4. The molecule has 0 radical (unpaired) electrons. The number of ether oxygens (including phenoxy) is 1. The minimum atomic E-state index is -2.94. The first-order valence-corrected chi connectivity index (χ1v) is 7.35. The van der Waals surface area contributed by atoms with Gasteiger partial charge >= 0.3 is 19.8 Å². The lowest BCUT2D eigenvalue weighted by Gasteiger charge is -2.00. The van der Waals surface area contributed by atoms with Gasteiger partial charge in [0.25, 0.3) is 0 Å². The Labute approximate surface area is 125 Å². The highest BCUT2D eigenvalue weighted by Gasteiger charge is 2.37. The Morgan fingerprint density at radius 1 is 1.45 bits per heavy atom. The van der Waals surface area contributed by atoms with E-state index in [-0.39, 0.29) is 12.4 Å². The van der Waals surface area contributed by atoms with Crippen LogP contribution in [0, 0.1) is 0 Å². The van der Waals surface area contributed by atoms with E-state index in [4.69, 9.17) is 20.5 Å². The van der Waals surface area contributed by atoms with E-state index in [0.717, 1.165) is 0 Å². The fourth-order valence-corrected chi connectivity index (χ4v) is 2.07.